The quantitative estimate of drug-likeness (QED) is 0.189. The highest BCUT2D eigenvalue weighted by Gasteiger charge is 2.30. The fraction of sp³-hybridized carbons (Fsp3) is 0.800. The van der Waals surface area contributed by atoms with Gasteiger partial charge in [-0.1, -0.05) is 27.7 Å². The van der Waals surface area contributed by atoms with Gasteiger partial charge in [-0.05, 0) is 43.1 Å². The molecule has 9 nitrogen and oxygen atoms in total. The van der Waals surface area contributed by atoms with Crippen LogP contribution in [0.1, 0.15) is 47.0 Å². The molecule has 0 aromatic rings. The molecule has 6 N–H and O–H groups in total. The van der Waals surface area contributed by atoms with Crippen molar-refractivity contribution in [2.75, 3.05) is 17.8 Å². The van der Waals surface area contributed by atoms with E-state index in [-0.39, 0.29) is 24.0 Å². The van der Waals surface area contributed by atoms with Gasteiger partial charge in [-0.25, -0.2) is 4.79 Å². The molecule has 0 radical (unpaired) electrons. The molecule has 0 heterocycles. The van der Waals surface area contributed by atoms with Crippen LogP contribution >= 0.6 is 24.4 Å². The van der Waals surface area contributed by atoms with Gasteiger partial charge in [0, 0.05) is 5.75 Å². The molecule has 180 valence electrons. The predicted molar refractivity (Wildman–Crippen MR) is 127 cm³/mol. The minimum atomic E-state index is -1.12. The van der Waals surface area contributed by atoms with Gasteiger partial charge in [0.05, 0.1) is 6.04 Å². The summed E-state index contributed by atoms with van der Waals surface area (Å²) in [5, 5.41) is 17.2. The minimum absolute atomic E-state index is 0.0706. The van der Waals surface area contributed by atoms with Crippen molar-refractivity contribution in [2.45, 2.75) is 71.1 Å². The third-order valence-electron chi connectivity index (χ3n) is 4.44. The normalized spacial score (nSPS) is 15.1. The van der Waals surface area contributed by atoms with Crippen molar-refractivity contribution < 1.29 is 24.3 Å². The first-order valence-electron chi connectivity index (χ1n) is 10.4. The zero-order valence-electron chi connectivity index (χ0n) is 19.0. The maximum Gasteiger partial charge on any atom is 0.326 e. The van der Waals surface area contributed by atoms with Gasteiger partial charge in [-0.3, -0.25) is 14.4 Å². The van der Waals surface area contributed by atoms with Gasteiger partial charge in [-0.15, -0.1) is 0 Å². The van der Waals surface area contributed by atoms with Crippen molar-refractivity contribution in [3.05, 3.63) is 0 Å². The van der Waals surface area contributed by atoms with E-state index in [2.05, 4.69) is 28.6 Å². The molecule has 4 unspecified atom stereocenters. The van der Waals surface area contributed by atoms with Crippen LogP contribution in [0.3, 0.4) is 0 Å². The molecule has 11 heteroatoms. The molecule has 0 aliphatic heterocycles. The Kier molecular flexibility index (Phi) is 14.6. The summed E-state index contributed by atoms with van der Waals surface area (Å²) in [7, 11) is 0. The predicted octanol–water partition coefficient (Wildman–Crippen LogP) is 0.628. The number of thiol groups is 1. The number of thioether (sulfide) groups is 1. The van der Waals surface area contributed by atoms with Crippen molar-refractivity contribution >= 4 is 48.1 Å². The van der Waals surface area contributed by atoms with E-state index in [1.54, 1.807) is 0 Å². The summed E-state index contributed by atoms with van der Waals surface area (Å²) in [6, 6.07) is -3.68. The Hall–Kier alpha value is -1.46. The molecule has 0 spiro atoms. The van der Waals surface area contributed by atoms with Gasteiger partial charge in [-0.2, -0.15) is 24.4 Å². The van der Waals surface area contributed by atoms with Crippen LogP contribution in [-0.4, -0.2) is 70.7 Å². The van der Waals surface area contributed by atoms with Crippen LogP contribution < -0.4 is 21.7 Å². The van der Waals surface area contributed by atoms with Crippen LogP contribution in [0.2, 0.25) is 0 Å². The molecule has 0 aromatic carbocycles. The number of amides is 3. The number of rotatable bonds is 15. The summed E-state index contributed by atoms with van der Waals surface area (Å²) in [4.78, 5) is 49.4. The van der Waals surface area contributed by atoms with Crippen molar-refractivity contribution in [1.29, 1.82) is 0 Å². The molecule has 4 atom stereocenters. The molecule has 0 bridgehead atoms. The van der Waals surface area contributed by atoms with Crippen molar-refractivity contribution in [3.63, 3.8) is 0 Å². The minimum Gasteiger partial charge on any atom is -0.480 e. The first-order chi connectivity index (χ1) is 14.4. The number of carbonyl (C=O) groups excluding carboxylic acids is 3. The van der Waals surface area contributed by atoms with Crippen molar-refractivity contribution in [3.8, 4) is 0 Å². The Balaban J connectivity index is 5.41. The number of nitrogens with two attached hydrogens (primary N) is 1. The summed E-state index contributed by atoms with van der Waals surface area (Å²) in [5.41, 5.74) is 5.69. The lowest BCUT2D eigenvalue weighted by atomic mass is 9.99. The molecule has 0 aromatic heterocycles. The van der Waals surface area contributed by atoms with E-state index < -0.39 is 47.9 Å². The van der Waals surface area contributed by atoms with Gasteiger partial charge in [0.15, 0.2) is 0 Å². The van der Waals surface area contributed by atoms with Crippen LogP contribution in [0.25, 0.3) is 0 Å². The summed E-state index contributed by atoms with van der Waals surface area (Å²) >= 11 is 5.49. The smallest absolute Gasteiger partial charge is 0.326 e. The Morgan fingerprint density at radius 1 is 0.871 bits per heavy atom. The molecular formula is C20H38N4O5S2. The average Bonchev–Trinajstić information content (AvgIpc) is 2.67. The SMILES string of the molecule is CSCCC(NC(=O)C(CC(C)C)NC(=O)C(CC(C)C)NC(=O)C(N)CS)C(=O)O. The lowest BCUT2D eigenvalue weighted by molar-refractivity contribution is -0.142. The summed E-state index contributed by atoms with van der Waals surface area (Å²) in [6.45, 7) is 7.61. The topological polar surface area (TPSA) is 151 Å². The molecule has 0 rings (SSSR count). The number of hydrogen-bond donors (Lipinski definition) is 6. The number of carbonyl (C=O) groups is 4. The van der Waals surface area contributed by atoms with E-state index in [9.17, 15) is 24.3 Å². The first-order valence-corrected chi connectivity index (χ1v) is 12.4. The maximum absolute atomic E-state index is 12.9. The van der Waals surface area contributed by atoms with E-state index in [1.165, 1.54) is 11.8 Å². The maximum atomic E-state index is 12.9. The van der Waals surface area contributed by atoms with Gasteiger partial charge >= 0.3 is 5.97 Å². The zero-order valence-corrected chi connectivity index (χ0v) is 20.7. The highest BCUT2D eigenvalue weighted by atomic mass is 32.2. The second-order valence-electron chi connectivity index (χ2n) is 8.35. The second kappa shape index (κ2) is 15.4. The first kappa shape index (κ1) is 29.5. The molecule has 0 fully saturated rings. The summed E-state index contributed by atoms with van der Waals surface area (Å²) in [6.07, 6.45) is 2.81. The molecular weight excluding hydrogens is 440 g/mol. The van der Waals surface area contributed by atoms with Crippen LogP contribution in [0.4, 0.5) is 0 Å². The number of aliphatic carboxylic acids is 1. The van der Waals surface area contributed by atoms with Gasteiger partial charge in [0.2, 0.25) is 17.7 Å². The second-order valence-corrected chi connectivity index (χ2v) is 9.70. The standard InChI is InChI=1S/C20H38N4O5S2/c1-11(2)8-15(23-17(25)13(21)10-30)19(27)24-16(9-12(3)4)18(26)22-14(20(28)29)6-7-31-5/h11-16,30H,6-10,21H2,1-5H3,(H,22,26)(H,23,25)(H,24,27)(H,28,29). The molecule has 3 amide bonds. The number of carboxylic acid groups (broad SMARTS) is 1. The van der Waals surface area contributed by atoms with Gasteiger partial charge < -0.3 is 26.8 Å². The molecule has 0 aliphatic carbocycles. The van der Waals surface area contributed by atoms with Gasteiger partial charge in [0.1, 0.15) is 18.1 Å². The Labute approximate surface area is 194 Å². The number of nitrogens with one attached hydrogen (secondary N) is 3. The molecule has 0 saturated carbocycles. The highest BCUT2D eigenvalue weighted by Crippen LogP contribution is 2.10. The fourth-order valence-electron chi connectivity index (χ4n) is 2.81. The monoisotopic (exact) mass is 478 g/mol. The van der Waals surface area contributed by atoms with Crippen molar-refractivity contribution in [2.24, 2.45) is 17.6 Å². The molecule has 31 heavy (non-hydrogen) atoms. The summed E-state index contributed by atoms with van der Waals surface area (Å²) in [5.74, 6) is -1.81. The third kappa shape index (κ3) is 12.2. The van der Waals surface area contributed by atoms with E-state index in [4.69, 9.17) is 5.73 Å². The number of hydrogen-bond acceptors (Lipinski definition) is 7. The van der Waals surface area contributed by atoms with Gasteiger partial charge in [0.25, 0.3) is 0 Å². The van der Waals surface area contributed by atoms with E-state index in [0.29, 0.717) is 18.6 Å². The van der Waals surface area contributed by atoms with Crippen LogP contribution in [0.5, 0.6) is 0 Å². The lowest BCUT2D eigenvalue weighted by Crippen LogP contribution is -2.57. The highest BCUT2D eigenvalue weighted by molar-refractivity contribution is 7.98. The Morgan fingerprint density at radius 2 is 1.29 bits per heavy atom. The average molecular weight is 479 g/mol. The number of carboxylic acids is 1. The lowest BCUT2D eigenvalue weighted by Gasteiger charge is -2.26. The van der Waals surface area contributed by atoms with Crippen LogP contribution in [-0.2, 0) is 19.2 Å². The third-order valence-corrected chi connectivity index (χ3v) is 5.48. The van der Waals surface area contributed by atoms with E-state index >= 15 is 0 Å². The Bertz CT molecular complexity index is 604. The fourth-order valence-corrected chi connectivity index (χ4v) is 3.44. The van der Waals surface area contributed by atoms with Crippen LogP contribution in [0, 0.1) is 11.8 Å². The Morgan fingerprint density at radius 3 is 1.65 bits per heavy atom. The van der Waals surface area contributed by atoms with E-state index in [1.807, 2.05) is 34.0 Å². The molecule has 0 saturated heterocycles. The zero-order chi connectivity index (χ0) is 24.1. The van der Waals surface area contributed by atoms with Crippen LogP contribution in [0.15, 0.2) is 0 Å². The largest absolute Gasteiger partial charge is 0.480 e. The van der Waals surface area contributed by atoms with E-state index in [0.717, 1.165) is 0 Å². The molecule has 0 aliphatic rings. The van der Waals surface area contributed by atoms with Crippen molar-refractivity contribution in [1.82, 2.24) is 16.0 Å². The summed E-state index contributed by atoms with van der Waals surface area (Å²) < 4.78 is 0.